The molecule has 3 aliphatic heterocycles. The molecule has 0 spiro atoms. The summed E-state index contributed by atoms with van der Waals surface area (Å²) in [6.45, 7) is 3.36. The molecule has 3 heterocycles. The zero-order valence-electron chi connectivity index (χ0n) is 22.9. The molecule has 4 atom stereocenters. The first kappa shape index (κ1) is 27.0. The molecule has 7 heteroatoms. The number of carbonyl (C=O) groups is 1. The Balaban J connectivity index is 0.00000337. The summed E-state index contributed by atoms with van der Waals surface area (Å²) in [5.41, 5.74) is 3.74. The Hall–Kier alpha value is -3.23. The molecule has 7 nitrogen and oxygen atoms in total. The predicted octanol–water partition coefficient (Wildman–Crippen LogP) is 4.81. The highest BCUT2D eigenvalue weighted by Crippen LogP contribution is 2.30. The molecule has 2 fully saturated rings. The van der Waals surface area contributed by atoms with Crippen LogP contribution in [0.1, 0.15) is 37.4 Å². The van der Waals surface area contributed by atoms with Gasteiger partial charge in [0.1, 0.15) is 11.5 Å². The summed E-state index contributed by atoms with van der Waals surface area (Å²) in [7, 11) is 0. The third kappa shape index (κ3) is 6.56. The Morgan fingerprint density at radius 3 is 2.50 bits per heavy atom. The maximum Gasteiger partial charge on any atom is 0.225 e. The Bertz CT molecular complexity index is 1270. The summed E-state index contributed by atoms with van der Waals surface area (Å²) in [4.78, 5) is 17.5. The number of aliphatic hydroxyl groups is 1. The van der Waals surface area contributed by atoms with Crippen LogP contribution in [-0.4, -0.2) is 71.5 Å². The fourth-order valence-electron chi connectivity index (χ4n) is 6.18. The lowest BCUT2D eigenvalue weighted by Gasteiger charge is -2.44. The first-order valence-corrected chi connectivity index (χ1v) is 14.4. The smallest absolute Gasteiger partial charge is 0.225 e. The van der Waals surface area contributed by atoms with E-state index in [1.54, 1.807) is 0 Å². The lowest BCUT2D eigenvalue weighted by Crippen LogP contribution is -2.55. The third-order valence-corrected chi connectivity index (χ3v) is 8.26. The number of carbonyl (C=O) groups excluding carboxylic acids is 1. The van der Waals surface area contributed by atoms with Gasteiger partial charge in [-0.3, -0.25) is 9.69 Å². The van der Waals surface area contributed by atoms with E-state index < -0.39 is 6.10 Å². The number of benzene rings is 3. The highest BCUT2D eigenvalue weighted by molar-refractivity contribution is 5.77. The lowest BCUT2D eigenvalue weighted by atomic mass is 9.93. The second-order valence-electron chi connectivity index (χ2n) is 11.2. The van der Waals surface area contributed by atoms with Gasteiger partial charge >= 0.3 is 0 Å². The monoisotopic (exact) mass is 544 g/mol. The number of para-hydroxylation sites is 1. The number of nitrogens with zero attached hydrogens (tertiary/aromatic N) is 2. The van der Waals surface area contributed by atoms with Gasteiger partial charge in [-0.05, 0) is 60.2 Å². The van der Waals surface area contributed by atoms with Gasteiger partial charge in [0.25, 0.3) is 0 Å². The number of amides is 1. The first-order chi connectivity index (χ1) is 19.6. The highest BCUT2D eigenvalue weighted by atomic mass is 16.5. The molecule has 1 N–H and O–H groups in total. The Morgan fingerprint density at radius 1 is 0.925 bits per heavy atom. The van der Waals surface area contributed by atoms with Crippen LogP contribution in [0.2, 0.25) is 0 Å². The van der Waals surface area contributed by atoms with Crippen molar-refractivity contribution in [2.24, 2.45) is 0 Å². The van der Waals surface area contributed by atoms with E-state index in [2.05, 4.69) is 35.2 Å². The van der Waals surface area contributed by atoms with Crippen LogP contribution in [0, 0.1) is 0 Å². The van der Waals surface area contributed by atoms with E-state index in [1.807, 2.05) is 53.4 Å². The van der Waals surface area contributed by atoms with Crippen molar-refractivity contribution < 1.29 is 25.5 Å². The lowest BCUT2D eigenvalue weighted by molar-refractivity contribution is -0.161. The average Bonchev–Trinajstić information content (AvgIpc) is 2.97. The van der Waals surface area contributed by atoms with Crippen LogP contribution in [0.3, 0.4) is 0 Å². The van der Waals surface area contributed by atoms with Gasteiger partial charge in [-0.25, -0.2) is 0 Å². The maximum atomic E-state index is 13.2. The maximum absolute atomic E-state index is 13.2. The van der Waals surface area contributed by atoms with Gasteiger partial charge in [-0.15, -0.1) is 0 Å². The van der Waals surface area contributed by atoms with Crippen molar-refractivity contribution in [3.05, 3.63) is 95.6 Å². The van der Waals surface area contributed by atoms with E-state index in [0.29, 0.717) is 32.7 Å². The topological polar surface area (TPSA) is 71.5 Å². The standard InChI is InChI=1S/C33H38N2O5.H2/c36-27-21-35(19-24-10-12-29(13-11-24)39-28-8-2-1-3-9-28)31-15-14-30(40-32(31)23-38-22-27)18-33(37)34-17-16-25-6-4-5-7-26(25)20-34;/h1-13,27,30-32,36H,14-23H2;1H/t27-,30+,31+,32-;/m1./s1. The van der Waals surface area contributed by atoms with Gasteiger partial charge in [0.15, 0.2) is 0 Å². The van der Waals surface area contributed by atoms with Gasteiger partial charge in [-0.2, -0.15) is 0 Å². The fourth-order valence-corrected chi connectivity index (χ4v) is 6.18. The molecule has 6 rings (SSSR count). The van der Waals surface area contributed by atoms with Crippen LogP contribution in [0.4, 0.5) is 0 Å². The molecule has 2 saturated heterocycles. The van der Waals surface area contributed by atoms with Crippen molar-refractivity contribution in [2.45, 2.75) is 63.1 Å². The molecular formula is C33H40N2O5. The molecule has 0 unspecified atom stereocenters. The molecule has 3 aliphatic rings. The van der Waals surface area contributed by atoms with Crippen molar-refractivity contribution >= 4 is 5.91 Å². The number of ether oxygens (including phenoxy) is 3. The normalized spacial score (nSPS) is 25.3. The summed E-state index contributed by atoms with van der Waals surface area (Å²) < 4.78 is 18.3. The van der Waals surface area contributed by atoms with Crippen molar-refractivity contribution in [2.75, 3.05) is 26.3 Å². The van der Waals surface area contributed by atoms with Crippen LogP contribution >= 0.6 is 0 Å². The SMILES string of the molecule is O=C(C[C@@H]1CC[C@H]2[C@@H](COC[C@H](O)CN2Cc2ccc(Oc3ccccc3)cc2)O1)N1CCc2ccccc2C1.[HH]. The van der Waals surface area contributed by atoms with E-state index in [9.17, 15) is 9.90 Å². The number of hydrogen-bond donors (Lipinski definition) is 1. The Kier molecular flexibility index (Phi) is 8.44. The number of β-amino-alcohol motifs (C(OH)–C–C–N with tert-alkyl or cyclic N) is 1. The highest BCUT2D eigenvalue weighted by Gasteiger charge is 2.38. The van der Waals surface area contributed by atoms with E-state index >= 15 is 0 Å². The van der Waals surface area contributed by atoms with Crippen molar-refractivity contribution in [3.8, 4) is 11.5 Å². The predicted molar refractivity (Wildman–Crippen MR) is 154 cm³/mol. The van der Waals surface area contributed by atoms with Gasteiger partial charge < -0.3 is 24.2 Å². The minimum absolute atomic E-state index is 0. The zero-order chi connectivity index (χ0) is 27.3. The summed E-state index contributed by atoms with van der Waals surface area (Å²) in [6, 6.07) is 26.4. The molecule has 40 heavy (non-hydrogen) atoms. The molecule has 0 aromatic heterocycles. The molecule has 0 bridgehead atoms. The van der Waals surface area contributed by atoms with Gasteiger partial charge in [0, 0.05) is 33.6 Å². The van der Waals surface area contributed by atoms with Gasteiger partial charge in [0.05, 0.1) is 37.9 Å². The number of hydrogen-bond acceptors (Lipinski definition) is 6. The second-order valence-corrected chi connectivity index (χ2v) is 11.2. The van der Waals surface area contributed by atoms with E-state index in [1.165, 1.54) is 11.1 Å². The molecular weight excluding hydrogens is 504 g/mol. The zero-order valence-corrected chi connectivity index (χ0v) is 22.9. The van der Waals surface area contributed by atoms with Crippen LogP contribution in [-0.2, 0) is 33.8 Å². The van der Waals surface area contributed by atoms with Crippen molar-refractivity contribution in [1.29, 1.82) is 0 Å². The molecule has 0 aliphatic carbocycles. The summed E-state index contributed by atoms with van der Waals surface area (Å²) in [5, 5.41) is 10.6. The van der Waals surface area contributed by atoms with Crippen LogP contribution in [0.25, 0.3) is 0 Å². The summed E-state index contributed by atoms with van der Waals surface area (Å²) in [6.07, 6.45) is 2.21. The second kappa shape index (κ2) is 12.5. The largest absolute Gasteiger partial charge is 0.457 e. The van der Waals surface area contributed by atoms with Gasteiger partial charge in [0.2, 0.25) is 5.91 Å². The number of rotatable bonds is 6. The van der Waals surface area contributed by atoms with E-state index in [-0.39, 0.29) is 32.2 Å². The molecule has 1 amide bonds. The van der Waals surface area contributed by atoms with Crippen LogP contribution in [0.15, 0.2) is 78.9 Å². The average molecular weight is 545 g/mol. The molecule has 212 valence electrons. The molecule has 0 saturated carbocycles. The summed E-state index contributed by atoms with van der Waals surface area (Å²) in [5.74, 6) is 1.76. The fraction of sp³-hybridized carbons (Fsp3) is 0.424. The number of aliphatic hydroxyl groups excluding tert-OH is 1. The molecule has 0 radical (unpaired) electrons. The van der Waals surface area contributed by atoms with E-state index in [0.717, 1.165) is 42.9 Å². The van der Waals surface area contributed by atoms with Gasteiger partial charge in [-0.1, -0.05) is 54.6 Å². The minimum Gasteiger partial charge on any atom is -0.457 e. The molecule has 3 aromatic carbocycles. The van der Waals surface area contributed by atoms with Crippen molar-refractivity contribution in [1.82, 2.24) is 9.80 Å². The van der Waals surface area contributed by atoms with Crippen LogP contribution in [0.5, 0.6) is 11.5 Å². The quantitative estimate of drug-likeness (QED) is 0.480. The number of fused-ring (bicyclic) bond motifs is 2. The van der Waals surface area contributed by atoms with Crippen LogP contribution < -0.4 is 4.74 Å². The first-order valence-electron chi connectivity index (χ1n) is 14.4. The Labute approximate surface area is 237 Å². The van der Waals surface area contributed by atoms with E-state index in [4.69, 9.17) is 14.2 Å². The molecule has 3 aromatic rings. The minimum atomic E-state index is -0.553. The van der Waals surface area contributed by atoms with Crippen molar-refractivity contribution in [3.63, 3.8) is 0 Å². The third-order valence-electron chi connectivity index (χ3n) is 8.26. The Morgan fingerprint density at radius 2 is 1.68 bits per heavy atom. The summed E-state index contributed by atoms with van der Waals surface area (Å²) >= 11 is 0.